The monoisotopic (exact) mass is 227 g/mol. The first-order chi connectivity index (χ1) is 6.66. The summed E-state index contributed by atoms with van der Waals surface area (Å²) in [4.78, 5) is 9.73. The maximum atomic E-state index is 4.50. The minimum Gasteiger partial charge on any atom is -0.359 e. The van der Waals surface area contributed by atoms with E-state index in [0.717, 1.165) is 17.5 Å². The van der Waals surface area contributed by atoms with Gasteiger partial charge in [-0.2, -0.15) is 0 Å². The predicted molar refractivity (Wildman–Crippen MR) is 62.9 cm³/mol. The molecule has 0 radical (unpaired) electrons. The highest BCUT2D eigenvalue weighted by Crippen LogP contribution is 2.22. The summed E-state index contributed by atoms with van der Waals surface area (Å²) >= 11 is 3.45. The molecule has 76 valence electrons. The number of hydrogen-bond acceptors (Lipinski definition) is 4. The zero-order chi connectivity index (χ0) is 10.0. The Morgan fingerprint density at radius 2 is 2.50 bits per heavy atom. The summed E-state index contributed by atoms with van der Waals surface area (Å²) in [5, 5.41) is 4.45. The van der Waals surface area contributed by atoms with E-state index < -0.39 is 0 Å². The predicted octanol–water partition coefficient (Wildman–Crippen LogP) is 2.11. The minimum absolute atomic E-state index is 0.192. The second-order valence-corrected chi connectivity index (χ2v) is 5.82. The first-order valence-corrected chi connectivity index (χ1v) is 6.35. The summed E-state index contributed by atoms with van der Waals surface area (Å²) in [6.07, 6.45) is 1.87. The molecule has 0 unspecified atom stereocenters. The van der Waals surface area contributed by atoms with Crippen LogP contribution in [0, 0.1) is 0 Å². The van der Waals surface area contributed by atoms with Crippen molar-refractivity contribution in [3.8, 4) is 0 Å². The van der Waals surface area contributed by atoms with E-state index in [2.05, 4.69) is 29.1 Å². The van der Waals surface area contributed by atoms with Crippen molar-refractivity contribution in [3.63, 3.8) is 0 Å². The molecule has 5 heteroatoms. The van der Waals surface area contributed by atoms with Crippen LogP contribution in [0.3, 0.4) is 0 Å². The van der Waals surface area contributed by atoms with E-state index in [0.29, 0.717) is 0 Å². The van der Waals surface area contributed by atoms with Crippen LogP contribution in [0.5, 0.6) is 0 Å². The lowest BCUT2D eigenvalue weighted by molar-refractivity contribution is 0.536. The molecular formula is C9H13N3S2. The molecule has 0 saturated carbocycles. The lowest BCUT2D eigenvalue weighted by atomic mass is 10.1. The average Bonchev–Trinajstić information content (AvgIpc) is 2.70. The van der Waals surface area contributed by atoms with Gasteiger partial charge in [0.1, 0.15) is 0 Å². The number of nitrogens with one attached hydrogen (secondary N) is 1. The molecule has 14 heavy (non-hydrogen) atoms. The van der Waals surface area contributed by atoms with Crippen LogP contribution in [0.4, 0.5) is 0 Å². The van der Waals surface area contributed by atoms with Crippen LogP contribution in [0.2, 0.25) is 0 Å². The Bertz CT molecular complexity index is 330. The molecule has 2 heterocycles. The molecule has 1 aliphatic rings. The van der Waals surface area contributed by atoms with Gasteiger partial charge in [-0.1, -0.05) is 11.8 Å². The van der Waals surface area contributed by atoms with Crippen LogP contribution in [0.25, 0.3) is 0 Å². The van der Waals surface area contributed by atoms with Crippen molar-refractivity contribution < 1.29 is 0 Å². The van der Waals surface area contributed by atoms with Gasteiger partial charge in [0.15, 0.2) is 5.17 Å². The number of aromatic nitrogens is 1. The number of hydrogen-bond donors (Lipinski definition) is 1. The molecule has 1 aromatic heterocycles. The molecular weight excluding hydrogens is 214 g/mol. The van der Waals surface area contributed by atoms with Crippen LogP contribution < -0.4 is 5.32 Å². The molecule has 1 N–H and O–H groups in total. The Hall–Kier alpha value is -0.550. The number of nitrogens with zero attached hydrogens (tertiary/aromatic N) is 2. The molecule has 0 amide bonds. The summed E-state index contributed by atoms with van der Waals surface area (Å²) in [6.45, 7) is 5.13. The van der Waals surface area contributed by atoms with Crippen molar-refractivity contribution in [2.45, 2.75) is 25.9 Å². The van der Waals surface area contributed by atoms with Gasteiger partial charge in [0, 0.05) is 22.4 Å². The topological polar surface area (TPSA) is 37.3 Å². The first kappa shape index (κ1) is 9.98. The maximum Gasteiger partial charge on any atom is 0.157 e. The average molecular weight is 227 g/mol. The van der Waals surface area contributed by atoms with Gasteiger partial charge in [-0.05, 0) is 13.8 Å². The van der Waals surface area contributed by atoms with E-state index >= 15 is 0 Å². The van der Waals surface area contributed by atoms with Gasteiger partial charge in [-0.15, -0.1) is 11.3 Å². The van der Waals surface area contributed by atoms with Crippen LogP contribution in [0.15, 0.2) is 16.7 Å². The molecule has 1 fully saturated rings. The quantitative estimate of drug-likeness (QED) is 0.841. The molecule has 2 rings (SSSR count). The van der Waals surface area contributed by atoms with Gasteiger partial charge in [-0.25, -0.2) is 0 Å². The lowest BCUT2D eigenvalue weighted by Gasteiger charge is -2.15. The van der Waals surface area contributed by atoms with Crippen molar-refractivity contribution in [2.24, 2.45) is 4.99 Å². The third kappa shape index (κ3) is 2.48. The van der Waals surface area contributed by atoms with Crippen LogP contribution in [-0.2, 0) is 6.54 Å². The number of thioether (sulfide) groups is 1. The normalized spacial score (nSPS) is 22.6. The van der Waals surface area contributed by atoms with Gasteiger partial charge in [-0.3, -0.25) is 9.98 Å². The molecule has 0 aromatic carbocycles. The Labute approximate surface area is 92.0 Å². The molecule has 0 aliphatic carbocycles. The number of aliphatic imine (C=N–C) groups is 1. The maximum absolute atomic E-state index is 4.50. The van der Waals surface area contributed by atoms with E-state index in [1.807, 2.05) is 11.7 Å². The van der Waals surface area contributed by atoms with Crippen molar-refractivity contribution in [1.29, 1.82) is 0 Å². The van der Waals surface area contributed by atoms with Crippen LogP contribution in [-0.4, -0.2) is 21.4 Å². The van der Waals surface area contributed by atoms with E-state index in [1.165, 1.54) is 4.88 Å². The zero-order valence-electron chi connectivity index (χ0n) is 8.28. The Morgan fingerprint density at radius 3 is 3.07 bits per heavy atom. The van der Waals surface area contributed by atoms with Gasteiger partial charge in [0.2, 0.25) is 0 Å². The van der Waals surface area contributed by atoms with E-state index in [4.69, 9.17) is 0 Å². The van der Waals surface area contributed by atoms with Gasteiger partial charge in [0.05, 0.1) is 12.1 Å². The summed E-state index contributed by atoms with van der Waals surface area (Å²) in [5.41, 5.74) is 2.03. The zero-order valence-corrected chi connectivity index (χ0v) is 9.91. The van der Waals surface area contributed by atoms with Gasteiger partial charge in [0.25, 0.3) is 0 Å². The molecule has 0 spiro atoms. The summed E-state index contributed by atoms with van der Waals surface area (Å²) in [5.74, 6) is 1.09. The third-order valence-corrected chi connectivity index (χ3v) is 4.01. The second kappa shape index (κ2) is 3.90. The SMILES string of the molecule is CC1(C)CSC(=NCc2cncs2)N1. The van der Waals surface area contributed by atoms with Crippen LogP contribution in [0.1, 0.15) is 18.7 Å². The minimum atomic E-state index is 0.192. The first-order valence-electron chi connectivity index (χ1n) is 4.48. The molecule has 0 atom stereocenters. The highest BCUT2D eigenvalue weighted by atomic mass is 32.2. The summed E-state index contributed by atoms with van der Waals surface area (Å²) in [7, 11) is 0. The fourth-order valence-electron chi connectivity index (χ4n) is 1.17. The number of rotatable bonds is 2. The fraction of sp³-hybridized carbons (Fsp3) is 0.556. The molecule has 1 saturated heterocycles. The van der Waals surface area contributed by atoms with Crippen molar-refractivity contribution in [3.05, 3.63) is 16.6 Å². The molecule has 0 bridgehead atoms. The summed E-state index contributed by atoms with van der Waals surface area (Å²) < 4.78 is 0. The fourth-order valence-corrected chi connectivity index (χ4v) is 2.76. The lowest BCUT2D eigenvalue weighted by Crippen LogP contribution is -2.36. The van der Waals surface area contributed by atoms with E-state index in [1.54, 1.807) is 23.1 Å². The standard InChI is InChI=1S/C9H13N3S2/c1-9(2)5-13-8(12-9)11-4-7-3-10-6-14-7/h3,6H,4-5H2,1-2H3,(H,11,12). The smallest absolute Gasteiger partial charge is 0.157 e. The number of amidine groups is 1. The number of thiazole rings is 1. The van der Waals surface area contributed by atoms with Crippen LogP contribution >= 0.6 is 23.1 Å². The highest BCUT2D eigenvalue weighted by molar-refractivity contribution is 8.14. The van der Waals surface area contributed by atoms with Crippen molar-refractivity contribution in [1.82, 2.24) is 10.3 Å². The van der Waals surface area contributed by atoms with E-state index in [9.17, 15) is 0 Å². The Balaban J connectivity index is 1.94. The Morgan fingerprint density at radius 1 is 1.64 bits per heavy atom. The summed E-state index contributed by atoms with van der Waals surface area (Å²) in [6, 6.07) is 0. The Kier molecular flexibility index (Phi) is 2.78. The molecule has 1 aliphatic heterocycles. The van der Waals surface area contributed by atoms with E-state index in [-0.39, 0.29) is 5.54 Å². The third-order valence-electron chi connectivity index (χ3n) is 1.88. The van der Waals surface area contributed by atoms with Gasteiger partial charge < -0.3 is 5.32 Å². The van der Waals surface area contributed by atoms with Crippen molar-refractivity contribution >= 4 is 28.3 Å². The second-order valence-electron chi connectivity index (χ2n) is 3.89. The molecule has 1 aromatic rings. The largest absolute Gasteiger partial charge is 0.359 e. The van der Waals surface area contributed by atoms with Gasteiger partial charge >= 0.3 is 0 Å². The highest BCUT2D eigenvalue weighted by Gasteiger charge is 2.26. The van der Waals surface area contributed by atoms with Crippen molar-refractivity contribution in [2.75, 3.05) is 5.75 Å². The molecule has 3 nitrogen and oxygen atoms in total.